The molecule has 1 aromatic carbocycles. The maximum absolute atomic E-state index is 12.1. The Labute approximate surface area is 132 Å². The van der Waals surface area contributed by atoms with Gasteiger partial charge in [0.15, 0.2) is 0 Å². The number of hydrogen-bond donors (Lipinski definition) is 2. The number of carbonyl (C=O) groups is 2. The molecule has 0 fully saturated rings. The van der Waals surface area contributed by atoms with Crippen LogP contribution in [-0.4, -0.2) is 30.1 Å². The van der Waals surface area contributed by atoms with E-state index in [9.17, 15) is 9.59 Å². The van der Waals surface area contributed by atoms with Crippen LogP contribution in [0.25, 0.3) is 0 Å². The van der Waals surface area contributed by atoms with Gasteiger partial charge in [-0.25, -0.2) is 4.79 Å². The third-order valence-electron chi connectivity index (χ3n) is 3.03. The summed E-state index contributed by atoms with van der Waals surface area (Å²) in [5, 5.41) is 11.7. The molecule has 1 unspecified atom stereocenters. The molecular formula is C16H17NO4S. The summed E-state index contributed by atoms with van der Waals surface area (Å²) in [7, 11) is 0. The van der Waals surface area contributed by atoms with Gasteiger partial charge >= 0.3 is 5.97 Å². The topological polar surface area (TPSA) is 75.6 Å². The molecule has 6 heteroatoms. The second-order valence-electron chi connectivity index (χ2n) is 4.53. The molecule has 5 nitrogen and oxygen atoms in total. The fourth-order valence-electron chi connectivity index (χ4n) is 1.99. The van der Waals surface area contributed by atoms with Crippen LogP contribution in [-0.2, 0) is 4.74 Å². The highest BCUT2D eigenvalue weighted by atomic mass is 32.1. The van der Waals surface area contributed by atoms with Crippen molar-refractivity contribution in [3.63, 3.8) is 0 Å². The smallest absolute Gasteiger partial charge is 0.345 e. The second-order valence-corrected chi connectivity index (χ2v) is 5.62. The molecule has 2 aromatic rings. The molecule has 0 aliphatic carbocycles. The fraction of sp³-hybridized carbons (Fsp3) is 0.250. The van der Waals surface area contributed by atoms with Gasteiger partial charge < -0.3 is 15.2 Å². The van der Waals surface area contributed by atoms with Crippen LogP contribution in [0.2, 0.25) is 0 Å². The third kappa shape index (κ3) is 4.16. The molecule has 1 amide bonds. The lowest BCUT2D eigenvalue weighted by atomic mass is 10.1. The van der Waals surface area contributed by atoms with Crippen LogP contribution in [0, 0.1) is 0 Å². The highest BCUT2D eigenvalue weighted by Gasteiger charge is 2.16. The van der Waals surface area contributed by atoms with Crippen LogP contribution < -0.4 is 5.32 Å². The average Bonchev–Trinajstić information content (AvgIpc) is 3.02. The van der Waals surface area contributed by atoms with Crippen LogP contribution in [0.3, 0.4) is 0 Å². The Kier molecular flexibility index (Phi) is 5.68. The quantitative estimate of drug-likeness (QED) is 0.822. The number of aromatic carboxylic acids is 1. The monoisotopic (exact) mass is 319 g/mol. The van der Waals surface area contributed by atoms with E-state index in [-0.39, 0.29) is 16.9 Å². The third-order valence-corrected chi connectivity index (χ3v) is 4.10. The van der Waals surface area contributed by atoms with E-state index in [1.165, 1.54) is 12.1 Å². The molecule has 1 heterocycles. The zero-order valence-electron chi connectivity index (χ0n) is 12.1. The Balaban J connectivity index is 1.99. The number of rotatable bonds is 7. The molecule has 116 valence electrons. The van der Waals surface area contributed by atoms with Gasteiger partial charge in [-0.2, -0.15) is 0 Å². The summed E-state index contributed by atoms with van der Waals surface area (Å²) in [6.45, 7) is 2.77. The molecule has 0 saturated heterocycles. The molecule has 2 rings (SSSR count). The lowest BCUT2D eigenvalue weighted by Crippen LogP contribution is -2.29. The molecule has 0 spiro atoms. The molecule has 2 N–H and O–H groups in total. The summed E-state index contributed by atoms with van der Waals surface area (Å²) in [6.07, 6.45) is -0.228. The highest BCUT2D eigenvalue weighted by molar-refractivity contribution is 7.15. The number of nitrogens with one attached hydrogen (secondary N) is 1. The Hall–Kier alpha value is -2.18. The van der Waals surface area contributed by atoms with E-state index in [2.05, 4.69) is 5.32 Å². The first-order valence-corrected chi connectivity index (χ1v) is 7.71. The van der Waals surface area contributed by atoms with E-state index >= 15 is 0 Å². The SMILES string of the molecule is CCOC(CNC(=O)c1ccc(C(=O)O)s1)c1ccccc1. The van der Waals surface area contributed by atoms with E-state index in [1.54, 1.807) is 0 Å². The van der Waals surface area contributed by atoms with Crippen molar-refractivity contribution in [3.05, 3.63) is 57.8 Å². The largest absolute Gasteiger partial charge is 0.477 e. The van der Waals surface area contributed by atoms with Crippen molar-refractivity contribution in [3.8, 4) is 0 Å². The van der Waals surface area contributed by atoms with E-state index in [0.29, 0.717) is 18.0 Å². The average molecular weight is 319 g/mol. The van der Waals surface area contributed by atoms with Gasteiger partial charge in [-0.05, 0) is 24.6 Å². The molecule has 0 radical (unpaired) electrons. The number of amides is 1. The number of carboxylic acid groups (broad SMARTS) is 1. The van der Waals surface area contributed by atoms with Gasteiger partial charge in [0.05, 0.1) is 11.0 Å². The summed E-state index contributed by atoms with van der Waals surface area (Å²) in [4.78, 5) is 23.4. The predicted molar refractivity (Wildman–Crippen MR) is 84.4 cm³/mol. The van der Waals surface area contributed by atoms with Gasteiger partial charge in [-0.3, -0.25) is 4.79 Å². The van der Waals surface area contributed by atoms with E-state index < -0.39 is 5.97 Å². The Morgan fingerprint density at radius 3 is 2.45 bits per heavy atom. The normalized spacial score (nSPS) is 11.9. The zero-order valence-corrected chi connectivity index (χ0v) is 12.9. The van der Waals surface area contributed by atoms with Gasteiger partial charge in [0.1, 0.15) is 4.88 Å². The number of carbonyl (C=O) groups excluding carboxylic acids is 1. The fourth-order valence-corrected chi connectivity index (χ4v) is 2.75. The summed E-state index contributed by atoms with van der Waals surface area (Å²) < 4.78 is 5.65. The minimum absolute atomic E-state index is 0.148. The number of carboxylic acids is 1. The number of ether oxygens (including phenoxy) is 1. The molecule has 0 aliphatic heterocycles. The molecule has 0 bridgehead atoms. The standard InChI is InChI=1S/C16H17NO4S/c1-2-21-12(11-6-4-3-5-7-11)10-17-15(18)13-8-9-14(22-13)16(19)20/h3-9,12H,2,10H2,1H3,(H,17,18)(H,19,20). The number of benzene rings is 1. The first kappa shape index (κ1) is 16.2. The number of hydrogen-bond acceptors (Lipinski definition) is 4. The number of thiophene rings is 1. The van der Waals surface area contributed by atoms with Gasteiger partial charge in [0.2, 0.25) is 0 Å². The van der Waals surface area contributed by atoms with Crippen LogP contribution in [0.15, 0.2) is 42.5 Å². The second kappa shape index (κ2) is 7.72. The van der Waals surface area contributed by atoms with Crippen LogP contribution in [0.1, 0.15) is 37.9 Å². The molecular weight excluding hydrogens is 302 g/mol. The van der Waals surface area contributed by atoms with Crippen molar-refractivity contribution in [2.24, 2.45) is 0 Å². The summed E-state index contributed by atoms with van der Waals surface area (Å²) in [5.41, 5.74) is 0.988. The Morgan fingerprint density at radius 1 is 1.18 bits per heavy atom. The predicted octanol–water partition coefficient (Wildman–Crippen LogP) is 2.95. The van der Waals surface area contributed by atoms with Gasteiger partial charge in [0, 0.05) is 13.2 Å². The first-order chi connectivity index (χ1) is 10.6. The van der Waals surface area contributed by atoms with Crippen molar-refractivity contribution in [1.82, 2.24) is 5.32 Å². The van der Waals surface area contributed by atoms with Crippen LogP contribution in [0.4, 0.5) is 0 Å². The molecule has 0 aliphatic rings. The van der Waals surface area contributed by atoms with E-state index in [4.69, 9.17) is 9.84 Å². The van der Waals surface area contributed by atoms with Crippen molar-refractivity contribution in [1.29, 1.82) is 0 Å². The molecule has 1 aromatic heterocycles. The Morgan fingerprint density at radius 2 is 1.86 bits per heavy atom. The van der Waals surface area contributed by atoms with Crippen LogP contribution in [0.5, 0.6) is 0 Å². The first-order valence-electron chi connectivity index (χ1n) is 6.89. The minimum Gasteiger partial charge on any atom is -0.477 e. The lowest BCUT2D eigenvalue weighted by Gasteiger charge is -2.17. The molecule has 0 saturated carbocycles. The zero-order chi connectivity index (χ0) is 15.9. The van der Waals surface area contributed by atoms with Crippen molar-refractivity contribution in [2.75, 3.05) is 13.2 Å². The summed E-state index contributed by atoms with van der Waals surface area (Å²) in [5.74, 6) is -1.32. The maximum atomic E-state index is 12.1. The van der Waals surface area contributed by atoms with Crippen molar-refractivity contribution < 1.29 is 19.4 Å². The van der Waals surface area contributed by atoms with Gasteiger partial charge in [-0.15, -0.1) is 11.3 Å². The summed E-state index contributed by atoms with van der Waals surface area (Å²) >= 11 is 0.958. The van der Waals surface area contributed by atoms with Gasteiger partial charge in [-0.1, -0.05) is 30.3 Å². The molecule has 1 atom stereocenters. The van der Waals surface area contributed by atoms with E-state index in [1.807, 2.05) is 37.3 Å². The van der Waals surface area contributed by atoms with Crippen LogP contribution >= 0.6 is 11.3 Å². The Bertz CT molecular complexity index is 639. The summed E-state index contributed by atoms with van der Waals surface area (Å²) in [6, 6.07) is 12.6. The van der Waals surface area contributed by atoms with Crippen molar-refractivity contribution in [2.45, 2.75) is 13.0 Å². The van der Waals surface area contributed by atoms with E-state index in [0.717, 1.165) is 16.9 Å². The lowest BCUT2D eigenvalue weighted by molar-refractivity contribution is 0.0587. The van der Waals surface area contributed by atoms with Gasteiger partial charge in [0.25, 0.3) is 5.91 Å². The maximum Gasteiger partial charge on any atom is 0.345 e. The highest BCUT2D eigenvalue weighted by Crippen LogP contribution is 2.18. The minimum atomic E-state index is -1.03. The van der Waals surface area contributed by atoms with Crippen molar-refractivity contribution >= 4 is 23.2 Å². The molecule has 22 heavy (non-hydrogen) atoms.